The number of ether oxygens (including phenoxy) is 2. The van der Waals surface area contributed by atoms with Crippen molar-refractivity contribution in [1.29, 1.82) is 0 Å². The summed E-state index contributed by atoms with van der Waals surface area (Å²) in [5, 5.41) is 0. The first kappa shape index (κ1) is 52.3. The lowest BCUT2D eigenvalue weighted by molar-refractivity contribution is -0.145. The second-order valence-electron chi connectivity index (χ2n) is 17.5. The van der Waals surface area contributed by atoms with Gasteiger partial charge in [-0.1, -0.05) is 140 Å². The Morgan fingerprint density at radius 1 is 0.463 bits per heavy atom. The van der Waals surface area contributed by atoms with Crippen molar-refractivity contribution in [3.05, 3.63) is 23.3 Å². The summed E-state index contributed by atoms with van der Waals surface area (Å²) in [6, 6.07) is 0. The van der Waals surface area contributed by atoms with Crippen molar-refractivity contribution >= 4 is 11.9 Å². The molecule has 0 aromatic heterocycles. The van der Waals surface area contributed by atoms with E-state index < -0.39 is 0 Å². The van der Waals surface area contributed by atoms with E-state index in [1.165, 1.54) is 146 Å². The van der Waals surface area contributed by atoms with Crippen molar-refractivity contribution in [2.75, 3.05) is 53.5 Å². The third-order valence-electron chi connectivity index (χ3n) is 10.6. The number of allylic oxidation sites excluding steroid dienone is 4. The zero-order chi connectivity index (χ0) is 40.1. The monoisotopic (exact) mass is 761 g/mol. The molecule has 0 rings (SSSR count). The fourth-order valence-corrected chi connectivity index (χ4v) is 6.96. The molecule has 54 heavy (non-hydrogen) atoms. The fourth-order valence-electron chi connectivity index (χ4n) is 6.96. The predicted octanol–water partition coefficient (Wildman–Crippen LogP) is 13.3. The van der Waals surface area contributed by atoms with Crippen LogP contribution in [0.5, 0.6) is 0 Å². The van der Waals surface area contributed by atoms with Crippen LogP contribution in [-0.4, -0.2) is 75.2 Å². The quantitative estimate of drug-likeness (QED) is 0.0353. The summed E-state index contributed by atoms with van der Waals surface area (Å²) in [5.41, 5.74) is 2.70. The molecule has 0 aliphatic carbocycles. The van der Waals surface area contributed by atoms with E-state index in [2.05, 4.69) is 77.6 Å². The Kier molecular flexibility index (Phi) is 37.1. The summed E-state index contributed by atoms with van der Waals surface area (Å²) >= 11 is 0. The molecule has 2 atom stereocenters. The zero-order valence-electron chi connectivity index (χ0n) is 37.5. The van der Waals surface area contributed by atoms with Gasteiger partial charge >= 0.3 is 11.9 Å². The molecule has 0 spiro atoms. The molecular weight excluding hydrogens is 669 g/mol. The maximum Gasteiger partial charge on any atom is 0.306 e. The zero-order valence-corrected chi connectivity index (χ0v) is 37.5. The molecule has 0 aromatic rings. The standard InChI is InChI=1S/C48H92N2O4/c1-43(2)31-29-33-45(5)41-47(51)53-39-27-23-19-15-11-9-13-17-21-25-35-50(38-37-49(7)8)36-26-22-18-14-10-12-16-20-24-28-40-54-48(52)42-46(6)34-30-32-44(3)4/h31-32,45-46H,9-30,33-42H2,1-8H3. The van der Waals surface area contributed by atoms with Gasteiger partial charge in [-0.25, -0.2) is 0 Å². The summed E-state index contributed by atoms with van der Waals surface area (Å²) < 4.78 is 11.0. The highest BCUT2D eigenvalue weighted by molar-refractivity contribution is 5.69. The minimum Gasteiger partial charge on any atom is -0.466 e. The van der Waals surface area contributed by atoms with E-state index in [4.69, 9.17) is 9.47 Å². The van der Waals surface area contributed by atoms with Crippen LogP contribution in [0.25, 0.3) is 0 Å². The van der Waals surface area contributed by atoms with Gasteiger partial charge in [-0.15, -0.1) is 0 Å². The molecule has 0 fully saturated rings. The van der Waals surface area contributed by atoms with Crippen molar-refractivity contribution in [3.63, 3.8) is 0 Å². The molecule has 0 aromatic carbocycles. The molecule has 2 unspecified atom stereocenters. The van der Waals surface area contributed by atoms with Gasteiger partial charge in [0.15, 0.2) is 0 Å². The first-order chi connectivity index (χ1) is 26.0. The third kappa shape index (κ3) is 40.0. The summed E-state index contributed by atoms with van der Waals surface area (Å²) in [7, 11) is 4.38. The molecule has 0 heterocycles. The van der Waals surface area contributed by atoms with E-state index in [1.54, 1.807) is 0 Å². The van der Waals surface area contributed by atoms with E-state index in [0.29, 0.717) is 37.9 Å². The molecule has 6 heteroatoms. The maximum atomic E-state index is 12.1. The van der Waals surface area contributed by atoms with Crippen molar-refractivity contribution in [1.82, 2.24) is 9.80 Å². The van der Waals surface area contributed by atoms with Crippen LogP contribution in [0.4, 0.5) is 0 Å². The van der Waals surface area contributed by atoms with Crippen LogP contribution >= 0.6 is 0 Å². The smallest absolute Gasteiger partial charge is 0.306 e. The lowest BCUT2D eigenvalue weighted by Crippen LogP contribution is -2.33. The van der Waals surface area contributed by atoms with Crippen LogP contribution in [0.2, 0.25) is 0 Å². The Morgan fingerprint density at radius 2 is 0.778 bits per heavy atom. The van der Waals surface area contributed by atoms with Gasteiger partial charge in [0.25, 0.3) is 0 Å². The normalized spacial score (nSPS) is 12.6. The van der Waals surface area contributed by atoms with Gasteiger partial charge in [-0.05, 0) is 118 Å². The second kappa shape index (κ2) is 38.2. The average molecular weight is 761 g/mol. The van der Waals surface area contributed by atoms with Gasteiger partial charge in [0.1, 0.15) is 0 Å². The summed E-state index contributed by atoms with van der Waals surface area (Å²) in [6.45, 7) is 18.8. The van der Waals surface area contributed by atoms with E-state index in [-0.39, 0.29) is 11.9 Å². The second-order valence-corrected chi connectivity index (χ2v) is 17.5. The number of likely N-dealkylation sites (N-methyl/N-ethyl adjacent to an activating group) is 1. The van der Waals surface area contributed by atoms with Gasteiger partial charge in [0.05, 0.1) is 13.2 Å². The highest BCUT2D eigenvalue weighted by Gasteiger charge is 2.11. The first-order valence-electron chi connectivity index (χ1n) is 22.9. The van der Waals surface area contributed by atoms with E-state index >= 15 is 0 Å². The molecule has 0 bridgehead atoms. The fraction of sp³-hybridized carbons (Fsp3) is 0.875. The minimum absolute atomic E-state index is 0.0224. The third-order valence-corrected chi connectivity index (χ3v) is 10.6. The molecule has 6 nitrogen and oxygen atoms in total. The SMILES string of the molecule is CC(C)=CCCC(C)CC(=O)OCCCCCCCCCCCCN(CCCCCCCCCCCCOC(=O)CC(C)CCC=C(C)C)CCN(C)C. The number of hydrogen-bond donors (Lipinski definition) is 0. The molecule has 0 aliphatic rings. The number of nitrogens with zero attached hydrogens (tertiary/aromatic N) is 2. The van der Waals surface area contributed by atoms with Gasteiger partial charge in [0, 0.05) is 25.9 Å². The molecule has 0 saturated carbocycles. The lowest BCUT2D eigenvalue weighted by atomic mass is 10.0. The molecule has 0 N–H and O–H groups in total. The Morgan fingerprint density at radius 3 is 1.09 bits per heavy atom. The van der Waals surface area contributed by atoms with Gasteiger partial charge in [-0.3, -0.25) is 9.59 Å². The molecular formula is C48H92N2O4. The van der Waals surface area contributed by atoms with Crippen molar-refractivity contribution in [3.8, 4) is 0 Å². The van der Waals surface area contributed by atoms with Crippen molar-refractivity contribution in [2.45, 2.75) is 208 Å². The van der Waals surface area contributed by atoms with Crippen LogP contribution in [0, 0.1) is 11.8 Å². The maximum absolute atomic E-state index is 12.1. The summed E-state index contributed by atoms with van der Waals surface area (Å²) in [4.78, 5) is 29.2. The topological polar surface area (TPSA) is 59.1 Å². The highest BCUT2D eigenvalue weighted by atomic mass is 16.5. The number of carbonyl (C=O) groups excluding carboxylic acids is 2. The van der Waals surface area contributed by atoms with Gasteiger partial charge in [-0.2, -0.15) is 0 Å². The van der Waals surface area contributed by atoms with Crippen LogP contribution < -0.4 is 0 Å². The predicted molar refractivity (Wildman–Crippen MR) is 234 cm³/mol. The lowest BCUT2D eigenvalue weighted by Gasteiger charge is -2.24. The molecule has 0 radical (unpaired) electrons. The number of hydrogen-bond acceptors (Lipinski definition) is 6. The Hall–Kier alpha value is -1.66. The Bertz CT molecular complexity index is 854. The number of rotatable bonds is 39. The number of unbranched alkanes of at least 4 members (excludes halogenated alkanes) is 18. The van der Waals surface area contributed by atoms with Gasteiger partial charge < -0.3 is 19.3 Å². The van der Waals surface area contributed by atoms with Crippen LogP contribution in [-0.2, 0) is 19.1 Å². The van der Waals surface area contributed by atoms with Crippen molar-refractivity contribution in [2.24, 2.45) is 11.8 Å². The number of carbonyl (C=O) groups is 2. The Balaban J connectivity index is 3.70. The van der Waals surface area contributed by atoms with Crippen LogP contribution in [0.3, 0.4) is 0 Å². The first-order valence-corrected chi connectivity index (χ1v) is 22.9. The summed E-state index contributed by atoms with van der Waals surface area (Å²) in [5.74, 6) is 0.748. The van der Waals surface area contributed by atoms with Crippen molar-refractivity contribution < 1.29 is 19.1 Å². The molecule has 0 amide bonds. The van der Waals surface area contributed by atoms with E-state index in [1.807, 2.05) is 0 Å². The van der Waals surface area contributed by atoms with Crippen LogP contribution in [0.15, 0.2) is 23.3 Å². The van der Waals surface area contributed by atoms with Gasteiger partial charge in [0.2, 0.25) is 0 Å². The summed E-state index contributed by atoms with van der Waals surface area (Å²) in [6.07, 6.45) is 35.6. The highest BCUT2D eigenvalue weighted by Crippen LogP contribution is 2.16. The molecule has 318 valence electrons. The van der Waals surface area contributed by atoms with E-state index in [9.17, 15) is 9.59 Å². The molecule has 0 saturated heterocycles. The number of esters is 2. The largest absolute Gasteiger partial charge is 0.466 e. The Labute approximate surface area is 337 Å². The van der Waals surface area contributed by atoms with E-state index in [0.717, 1.165) is 45.1 Å². The van der Waals surface area contributed by atoms with Crippen LogP contribution in [0.1, 0.15) is 208 Å². The minimum atomic E-state index is -0.0224. The molecule has 0 aliphatic heterocycles. The average Bonchev–Trinajstić information content (AvgIpc) is 3.10.